The van der Waals surface area contributed by atoms with Crippen molar-refractivity contribution in [3.63, 3.8) is 0 Å². The van der Waals surface area contributed by atoms with Crippen LogP contribution in [0.4, 0.5) is 5.82 Å². The lowest BCUT2D eigenvalue weighted by atomic mass is 10.2. The average molecular weight is 237 g/mol. The summed E-state index contributed by atoms with van der Waals surface area (Å²) in [6.07, 6.45) is 8.10. The lowest BCUT2D eigenvalue weighted by Gasteiger charge is -2.05. The van der Waals surface area contributed by atoms with E-state index in [1.165, 1.54) is 12.8 Å². The van der Waals surface area contributed by atoms with Gasteiger partial charge in [-0.05, 0) is 25.0 Å². The van der Waals surface area contributed by atoms with Gasteiger partial charge in [0, 0.05) is 30.2 Å². The van der Waals surface area contributed by atoms with Crippen molar-refractivity contribution in [3.8, 4) is 11.4 Å². The third-order valence-electron chi connectivity index (χ3n) is 2.65. The first-order valence-electron chi connectivity index (χ1n) is 5.09. The standard InChI is InChI=1S/C11H12N4.ClH/c12-10-7-8(3-4-13-10)11-14-5-6-15(11)9-1-2-9;/h3-7,9H,1-2H2,(H2,12,13);1H. The Morgan fingerprint density at radius 2 is 2.06 bits per heavy atom. The van der Waals surface area contributed by atoms with Gasteiger partial charge in [-0.2, -0.15) is 0 Å². The van der Waals surface area contributed by atoms with Crippen molar-refractivity contribution >= 4 is 18.2 Å². The van der Waals surface area contributed by atoms with Gasteiger partial charge in [0.15, 0.2) is 0 Å². The number of aromatic nitrogens is 3. The summed E-state index contributed by atoms with van der Waals surface area (Å²) in [7, 11) is 0. The van der Waals surface area contributed by atoms with Crippen molar-refractivity contribution in [2.24, 2.45) is 0 Å². The van der Waals surface area contributed by atoms with Crippen molar-refractivity contribution in [2.45, 2.75) is 18.9 Å². The molecule has 84 valence electrons. The molecule has 0 amide bonds. The minimum atomic E-state index is 0. The first-order valence-corrected chi connectivity index (χ1v) is 5.09. The van der Waals surface area contributed by atoms with Crippen LogP contribution in [-0.2, 0) is 0 Å². The second-order valence-corrected chi connectivity index (χ2v) is 3.86. The smallest absolute Gasteiger partial charge is 0.140 e. The summed E-state index contributed by atoms with van der Waals surface area (Å²) in [5.74, 6) is 1.53. The molecule has 0 spiro atoms. The lowest BCUT2D eigenvalue weighted by molar-refractivity contribution is 0.750. The number of imidazole rings is 1. The molecule has 1 aliphatic rings. The van der Waals surface area contributed by atoms with Gasteiger partial charge in [0.2, 0.25) is 0 Å². The van der Waals surface area contributed by atoms with Gasteiger partial charge in [0.25, 0.3) is 0 Å². The topological polar surface area (TPSA) is 56.7 Å². The van der Waals surface area contributed by atoms with Crippen molar-refractivity contribution < 1.29 is 0 Å². The Morgan fingerprint density at radius 3 is 2.75 bits per heavy atom. The fourth-order valence-corrected chi connectivity index (χ4v) is 1.77. The molecule has 16 heavy (non-hydrogen) atoms. The molecule has 0 bridgehead atoms. The second kappa shape index (κ2) is 4.14. The van der Waals surface area contributed by atoms with Gasteiger partial charge >= 0.3 is 0 Å². The van der Waals surface area contributed by atoms with Crippen LogP contribution in [0.2, 0.25) is 0 Å². The molecule has 1 fully saturated rings. The molecule has 2 N–H and O–H groups in total. The molecule has 0 atom stereocenters. The Labute approximate surface area is 99.9 Å². The first-order chi connectivity index (χ1) is 7.34. The molecule has 1 saturated carbocycles. The highest BCUT2D eigenvalue weighted by Crippen LogP contribution is 2.37. The van der Waals surface area contributed by atoms with Gasteiger partial charge < -0.3 is 10.3 Å². The predicted octanol–water partition coefficient (Wildman–Crippen LogP) is 2.28. The zero-order chi connectivity index (χ0) is 10.3. The number of hydrogen-bond acceptors (Lipinski definition) is 3. The van der Waals surface area contributed by atoms with E-state index in [0.717, 1.165) is 11.4 Å². The Balaban J connectivity index is 0.000000963. The molecule has 0 radical (unpaired) electrons. The number of pyridine rings is 1. The van der Waals surface area contributed by atoms with E-state index in [4.69, 9.17) is 5.73 Å². The van der Waals surface area contributed by atoms with Crippen LogP contribution < -0.4 is 5.73 Å². The largest absolute Gasteiger partial charge is 0.384 e. The Bertz CT molecular complexity index is 490. The summed E-state index contributed by atoms with van der Waals surface area (Å²) < 4.78 is 2.22. The Morgan fingerprint density at radius 1 is 1.25 bits per heavy atom. The van der Waals surface area contributed by atoms with Crippen LogP contribution in [0.5, 0.6) is 0 Å². The van der Waals surface area contributed by atoms with Gasteiger partial charge in [-0.1, -0.05) is 0 Å². The molecule has 0 aromatic carbocycles. The third-order valence-corrected chi connectivity index (χ3v) is 2.65. The zero-order valence-corrected chi connectivity index (χ0v) is 9.52. The highest BCUT2D eigenvalue weighted by Gasteiger charge is 2.25. The van der Waals surface area contributed by atoms with E-state index < -0.39 is 0 Å². The summed E-state index contributed by atoms with van der Waals surface area (Å²) in [6.45, 7) is 0. The third kappa shape index (κ3) is 1.88. The SMILES string of the molecule is Cl.Nc1cc(-c2nccn2C2CC2)ccn1. The monoisotopic (exact) mass is 236 g/mol. The van der Waals surface area contributed by atoms with Gasteiger partial charge in [-0.25, -0.2) is 9.97 Å². The van der Waals surface area contributed by atoms with Crippen LogP contribution in [0.25, 0.3) is 11.4 Å². The highest BCUT2D eigenvalue weighted by atomic mass is 35.5. The van der Waals surface area contributed by atoms with E-state index in [0.29, 0.717) is 11.9 Å². The van der Waals surface area contributed by atoms with Crippen molar-refractivity contribution in [2.75, 3.05) is 5.73 Å². The maximum absolute atomic E-state index is 5.66. The summed E-state index contributed by atoms with van der Waals surface area (Å²) in [5, 5.41) is 0. The molecule has 2 aromatic heterocycles. The van der Waals surface area contributed by atoms with E-state index in [-0.39, 0.29) is 12.4 Å². The number of hydrogen-bond donors (Lipinski definition) is 1. The number of halogens is 1. The summed E-state index contributed by atoms with van der Waals surface area (Å²) >= 11 is 0. The van der Waals surface area contributed by atoms with Gasteiger partial charge in [-0.15, -0.1) is 12.4 Å². The molecule has 0 saturated heterocycles. The molecular weight excluding hydrogens is 224 g/mol. The van der Waals surface area contributed by atoms with Crippen LogP contribution >= 0.6 is 12.4 Å². The normalized spacial score (nSPS) is 14.5. The fourth-order valence-electron chi connectivity index (χ4n) is 1.77. The molecule has 5 heteroatoms. The molecular formula is C11H13ClN4. The van der Waals surface area contributed by atoms with E-state index in [2.05, 4.69) is 14.5 Å². The van der Waals surface area contributed by atoms with Crippen molar-refractivity contribution in [1.29, 1.82) is 0 Å². The van der Waals surface area contributed by atoms with Gasteiger partial charge in [0.05, 0.1) is 0 Å². The molecule has 2 aromatic rings. The minimum Gasteiger partial charge on any atom is -0.384 e. The molecule has 2 heterocycles. The summed E-state index contributed by atoms with van der Waals surface area (Å²) in [6, 6.07) is 4.44. The van der Waals surface area contributed by atoms with Crippen LogP contribution in [0.3, 0.4) is 0 Å². The second-order valence-electron chi connectivity index (χ2n) is 3.86. The van der Waals surface area contributed by atoms with Crippen LogP contribution in [-0.4, -0.2) is 14.5 Å². The molecule has 3 rings (SSSR count). The number of nitrogen functional groups attached to an aromatic ring is 1. The van der Waals surface area contributed by atoms with Crippen molar-refractivity contribution in [1.82, 2.24) is 14.5 Å². The van der Waals surface area contributed by atoms with Crippen molar-refractivity contribution in [3.05, 3.63) is 30.7 Å². The van der Waals surface area contributed by atoms with Gasteiger partial charge in [-0.3, -0.25) is 0 Å². The number of anilines is 1. The fraction of sp³-hybridized carbons (Fsp3) is 0.273. The number of nitrogens with two attached hydrogens (primary N) is 1. The van der Waals surface area contributed by atoms with Gasteiger partial charge in [0.1, 0.15) is 11.6 Å². The van der Waals surface area contributed by atoms with Crippen LogP contribution in [0.1, 0.15) is 18.9 Å². The number of rotatable bonds is 2. The van der Waals surface area contributed by atoms with E-state index in [1.807, 2.05) is 24.5 Å². The minimum absolute atomic E-state index is 0. The van der Waals surface area contributed by atoms with E-state index in [9.17, 15) is 0 Å². The summed E-state index contributed by atoms with van der Waals surface area (Å²) in [5.41, 5.74) is 6.70. The maximum Gasteiger partial charge on any atom is 0.140 e. The molecule has 4 nitrogen and oxygen atoms in total. The predicted molar refractivity (Wildman–Crippen MR) is 65.4 cm³/mol. The zero-order valence-electron chi connectivity index (χ0n) is 8.71. The summed E-state index contributed by atoms with van der Waals surface area (Å²) in [4.78, 5) is 8.35. The van der Waals surface area contributed by atoms with E-state index >= 15 is 0 Å². The first kappa shape index (κ1) is 11.0. The lowest BCUT2D eigenvalue weighted by Crippen LogP contribution is -1.97. The average Bonchev–Trinajstić information content (AvgIpc) is 2.96. The quantitative estimate of drug-likeness (QED) is 0.871. The maximum atomic E-state index is 5.66. The molecule has 0 aliphatic heterocycles. The molecule has 0 unspecified atom stereocenters. The van der Waals surface area contributed by atoms with Crippen LogP contribution in [0, 0.1) is 0 Å². The molecule has 1 aliphatic carbocycles. The Hall–Kier alpha value is -1.55. The number of nitrogens with zero attached hydrogens (tertiary/aromatic N) is 3. The van der Waals surface area contributed by atoms with Crippen LogP contribution in [0.15, 0.2) is 30.7 Å². The Kier molecular flexibility index (Phi) is 2.83. The van der Waals surface area contributed by atoms with E-state index in [1.54, 1.807) is 6.20 Å². The highest BCUT2D eigenvalue weighted by molar-refractivity contribution is 5.85.